The molecule has 0 amide bonds. The summed E-state index contributed by atoms with van der Waals surface area (Å²) in [6.07, 6.45) is 0. The second-order valence-electron chi connectivity index (χ2n) is 5.12. The first-order valence-electron chi connectivity index (χ1n) is 6.86. The molecule has 0 aromatic heterocycles. The molecule has 3 aromatic rings. The molecule has 0 spiro atoms. The van der Waals surface area contributed by atoms with Crippen LogP contribution >= 0.6 is 0 Å². The van der Waals surface area contributed by atoms with E-state index in [0.717, 1.165) is 0 Å². The molecular formula is C17H12O6S. The molecule has 3 aromatic carbocycles. The quantitative estimate of drug-likeness (QED) is 0.629. The van der Waals surface area contributed by atoms with Gasteiger partial charge in [-0.2, -0.15) is 8.42 Å². The van der Waals surface area contributed by atoms with Crippen LogP contribution in [0.25, 0.3) is 21.9 Å². The molecule has 3 rings (SSSR count). The lowest BCUT2D eigenvalue weighted by Gasteiger charge is -2.16. The fraction of sp³-hybridized carbons (Fsp3) is 0. The van der Waals surface area contributed by atoms with Gasteiger partial charge >= 0.3 is 5.97 Å². The van der Waals surface area contributed by atoms with Crippen LogP contribution in [-0.2, 0) is 10.1 Å². The van der Waals surface area contributed by atoms with E-state index in [1.54, 1.807) is 42.5 Å². The summed E-state index contributed by atoms with van der Waals surface area (Å²) in [5.74, 6) is -2.48. The van der Waals surface area contributed by atoms with Crippen molar-refractivity contribution in [2.24, 2.45) is 0 Å². The minimum atomic E-state index is -4.87. The Bertz CT molecular complexity index is 1060. The van der Waals surface area contributed by atoms with Gasteiger partial charge in [-0.25, -0.2) is 4.79 Å². The molecule has 0 aliphatic rings. The molecule has 0 unspecified atom stereocenters. The van der Waals surface area contributed by atoms with Crippen LogP contribution in [0, 0.1) is 0 Å². The van der Waals surface area contributed by atoms with Crippen LogP contribution in [0.3, 0.4) is 0 Å². The van der Waals surface area contributed by atoms with Crippen molar-refractivity contribution in [1.29, 1.82) is 0 Å². The standard InChI is InChI=1S/C17H12O6S/c18-15-14(17(19)20)12-9-5-4-8-11(12)13(16(15)24(21,22)23)10-6-2-1-3-7-10/h1-9,18H,(H,19,20)(H,21,22,23). The third-order valence-corrected chi connectivity index (χ3v) is 4.59. The van der Waals surface area contributed by atoms with Gasteiger partial charge in [-0.05, 0) is 10.9 Å². The number of fused-ring (bicyclic) bond motifs is 1. The number of carboxylic acid groups (broad SMARTS) is 1. The van der Waals surface area contributed by atoms with Gasteiger partial charge < -0.3 is 10.2 Å². The Hall–Kier alpha value is -2.90. The number of aromatic hydroxyl groups is 1. The maximum absolute atomic E-state index is 11.9. The number of rotatable bonds is 3. The molecule has 0 aliphatic carbocycles. The van der Waals surface area contributed by atoms with E-state index in [0.29, 0.717) is 10.9 Å². The molecule has 24 heavy (non-hydrogen) atoms. The second kappa shape index (κ2) is 5.63. The van der Waals surface area contributed by atoms with Crippen LogP contribution in [0.2, 0.25) is 0 Å². The molecule has 3 N–H and O–H groups in total. The van der Waals surface area contributed by atoms with Crippen molar-refractivity contribution in [3.8, 4) is 16.9 Å². The normalized spacial score (nSPS) is 11.5. The minimum Gasteiger partial charge on any atom is -0.506 e. The first-order valence-corrected chi connectivity index (χ1v) is 8.30. The molecule has 0 heterocycles. The number of phenols is 1. The van der Waals surface area contributed by atoms with Gasteiger partial charge in [-0.1, -0.05) is 54.6 Å². The number of hydrogen-bond acceptors (Lipinski definition) is 4. The molecular weight excluding hydrogens is 332 g/mol. The average molecular weight is 344 g/mol. The third kappa shape index (κ3) is 2.49. The summed E-state index contributed by atoms with van der Waals surface area (Å²) in [6, 6.07) is 14.5. The van der Waals surface area contributed by atoms with Gasteiger partial charge in [0.2, 0.25) is 0 Å². The number of hydrogen-bond donors (Lipinski definition) is 3. The largest absolute Gasteiger partial charge is 0.506 e. The van der Waals surface area contributed by atoms with Crippen LogP contribution in [0.15, 0.2) is 59.5 Å². The van der Waals surface area contributed by atoms with Gasteiger partial charge in [0.25, 0.3) is 10.1 Å². The van der Waals surface area contributed by atoms with E-state index >= 15 is 0 Å². The van der Waals surface area contributed by atoms with Crippen LogP contribution in [0.5, 0.6) is 5.75 Å². The van der Waals surface area contributed by atoms with Crippen LogP contribution in [0.4, 0.5) is 0 Å². The molecule has 0 saturated carbocycles. The Kier molecular flexibility index (Phi) is 3.75. The van der Waals surface area contributed by atoms with Crippen molar-refractivity contribution in [3.05, 3.63) is 60.2 Å². The maximum atomic E-state index is 11.9. The van der Waals surface area contributed by atoms with Crippen molar-refractivity contribution in [3.63, 3.8) is 0 Å². The van der Waals surface area contributed by atoms with Gasteiger partial charge in [0, 0.05) is 10.9 Å². The number of carboxylic acids is 1. The maximum Gasteiger partial charge on any atom is 0.340 e. The van der Waals surface area contributed by atoms with Crippen LogP contribution < -0.4 is 0 Å². The van der Waals surface area contributed by atoms with Gasteiger partial charge in [0.15, 0.2) is 5.75 Å². The monoisotopic (exact) mass is 344 g/mol. The molecule has 0 bridgehead atoms. The van der Waals surface area contributed by atoms with E-state index in [9.17, 15) is 28.0 Å². The first kappa shape index (κ1) is 16.0. The molecule has 6 nitrogen and oxygen atoms in total. The van der Waals surface area contributed by atoms with Crippen LogP contribution in [-0.4, -0.2) is 29.2 Å². The Morgan fingerprint density at radius 2 is 1.42 bits per heavy atom. The summed E-state index contributed by atoms with van der Waals surface area (Å²) >= 11 is 0. The molecule has 0 atom stereocenters. The topological polar surface area (TPSA) is 112 Å². The summed E-state index contributed by atoms with van der Waals surface area (Å²) < 4.78 is 33.3. The zero-order valence-electron chi connectivity index (χ0n) is 12.2. The molecule has 122 valence electrons. The van der Waals surface area contributed by atoms with Gasteiger partial charge in [0.1, 0.15) is 10.5 Å². The summed E-state index contributed by atoms with van der Waals surface area (Å²) in [6.45, 7) is 0. The molecule has 0 fully saturated rings. The highest BCUT2D eigenvalue weighted by Crippen LogP contribution is 2.43. The SMILES string of the molecule is O=C(O)c1c(O)c(S(=O)(=O)O)c(-c2ccccc2)c2ccccc12. The Morgan fingerprint density at radius 3 is 1.96 bits per heavy atom. The molecule has 0 saturated heterocycles. The highest BCUT2D eigenvalue weighted by atomic mass is 32.2. The first-order chi connectivity index (χ1) is 11.3. The predicted octanol–water partition coefficient (Wildman–Crippen LogP) is 3.16. The van der Waals surface area contributed by atoms with Gasteiger partial charge in [-0.3, -0.25) is 4.55 Å². The Morgan fingerprint density at radius 1 is 0.875 bits per heavy atom. The average Bonchev–Trinajstić information content (AvgIpc) is 2.53. The van der Waals surface area contributed by atoms with Crippen LogP contribution in [0.1, 0.15) is 10.4 Å². The zero-order chi connectivity index (χ0) is 17.5. The smallest absolute Gasteiger partial charge is 0.340 e. The van der Waals surface area contributed by atoms with Crippen molar-refractivity contribution >= 4 is 26.9 Å². The number of carbonyl (C=O) groups is 1. The van der Waals surface area contributed by atoms with E-state index in [1.807, 2.05) is 0 Å². The third-order valence-electron chi connectivity index (χ3n) is 3.68. The van der Waals surface area contributed by atoms with E-state index in [1.165, 1.54) is 12.1 Å². The van der Waals surface area contributed by atoms with E-state index in [-0.39, 0.29) is 10.9 Å². The summed E-state index contributed by atoms with van der Waals surface area (Å²) in [5, 5.41) is 20.2. The van der Waals surface area contributed by atoms with Crippen molar-refractivity contribution in [2.75, 3.05) is 0 Å². The minimum absolute atomic E-state index is 0.0520. The predicted molar refractivity (Wildman–Crippen MR) is 87.8 cm³/mol. The number of benzene rings is 3. The Labute approximate surface area is 137 Å². The second-order valence-corrected chi connectivity index (χ2v) is 6.48. The van der Waals surface area contributed by atoms with Crippen molar-refractivity contribution in [1.82, 2.24) is 0 Å². The lowest BCUT2D eigenvalue weighted by Crippen LogP contribution is -2.07. The van der Waals surface area contributed by atoms with E-state index < -0.39 is 32.3 Å². The Balaban J connectivity index is 2.64. The highest BCUT2D eigenvalue weighted by Gasteiger charge is 2.30. The molecule has 0 radical (unpaired) electrons. The van der Waals surface area contributed by atoms with E-state index in [4.69, 9.17) is 0 Å². The lowest BCUT2D eigenvalue weighted by atomic mass is 9.94. The highest BCUT2D eigenvalue weighted by molar-refractivity contribution is 7.86. The molecule has 0 aliphatic heterocycles. The van der Waals surface area contributed by atoms with Gasteiger partial charge in [-0.15, -0.1) is 0 Å². The molecule has 7 heteroatoms. The van der Waals surface area contributed by atoms with Crippen molar-refractivity contribution in [2.45, 2.75) is 4.90 Å². The summed E-state index contributed by atoms with van der Waals surface area (Å²) in [7, 11) is -4.87. The zero-order valence-corrected chi connectivity index (χ0v) is 13.0. The lowest BCUT2D eigenvalue weighted by molar-refractivity contribution is 0.0695. The van der Waals surface area contributed by atoms with E-state index in [2.05, 4.69) is 0 Å². The summed E-state index contributed by atoms with van der Waals surface area (Å²) in [5.41, 5.74) is -0.0948. The fourth-order valence-electron chi connectivity index (χ4n) is 2.76. The van der Waals surface area contributed by atoms with Crippen molar-refractivity contribution < 1.29 is 28.0 Å². The number of aromatic carboxylic acids is 1. The summed E-state index contributed by atoms with van der Waals surface area (Å²) in [4.78, 5) is 10.7. The fourth-order valence-corrected chi connectivity index (χ4v) is 3.59. The van der Waals surface area contributed by atoms with Gasteiger partial charge in [0.05, 0.1) is 0 Å².